The number of benzene rings is 2. The number of halogens is 1. The number of fused-ring (bicyclic) bond motifs is 1. The van der Waals surface area contributed by atoms with Gasteiger partial charge in [-0.1, -0.05) is 34.1 Å². The molecule has 1 aliphatic heterocycles. The number of nitrogens with one attached hydrogen (secondary N) is 2. The molecule has 1 aliphatic rings. The molecule has 1 amide bonds. The van der Waals surface area contributed by atoms with Crippen LogP contribution in [-0.2, 0) is 0 Å². The first-order chi connectivity index (χ1) is 10.2. The zero-order valence-corrected chi connectivity index (χ0v) is 13.2. The molecule has 0 spiro atoms. The van der Waals surface area contributed by atoms with Crippen molar-refractivity contribution in [3.63, 3.8) is 0 Å². The van der Waals surface area contributed by atoms with E-state index < -0.39 is 0 Å². The topological polar surface area (TPSA) is 41.1 Å². The highest BCUT2D eigenvalue weighted by Crippen LogP contribution is 2.35. The Kier molecular flexibility index (Phi) is 4.25. The van der Waals surface area contributed by atoms with Gasteiger partial charge in [-0.2, -0.15) is 0 Å². The second-order valence-corrected chi connectivity index (χ2v) is 6.14. The predicted molar refractivity (Wildman–Crippen MR) is 88.8 cm³/mol. The van der Waals surface area contributed by atoms with Gasteiger partial charge in [-0.15, -0.1) is 0 Å². The lowest BCUT2D eigenvalue weighted by Crippen LogP contribution is -2.25. The molecule has 0 saturated heterocycles. The molecule has 0 radical (unpaired) electrons. The van der Waals surface area contributed by atoms with Crippen LogP contribution in [0.25, 0.3) is 0 Å². The standard InChI is InChI=1S/C17H17BrN2O/c18-14-6-7-16-15(10-14)13(11-20-16)8-9-19-17(21)12-4-2-1-3-5-12/h1-7,10,13,20H,8-9,11H2,(H,19,21). The van der Waals surface area contributed by atoms with Crippen LogP contribution in [-0.4, -0.2) is 19.0 Å². The van der Waals surface area contributed by atoms with Crippen molar-refractivity contribution in [3.05, 3.63) is 64.1 Å². The summed E-state index contributed by atoms with van der Waals surface area (Å²) in [6, 6.07) is 15.6. The van der Waals surface area contributed by atoms with E-state index in [1.54, 1.807) is 0 Å². The summed E-state index contributed by atoms with van der Waals surface area (Å²) in [6.07, 6.45) is 0.940. The summed E-state index contributed by atoms with van der Waals surface area (Å²) in [7, 11) is 0. The van der Waals surface area contributed by atoms with Crippen LogP contribution >= 0.6 is 15.9 Å². The third kappa shape index (κ3) is 3.27. The van der Waals surface area contributed by atoms with Crippen molar-refractivity contribution in [3.8, 4) is 0 Å². The monoisotopic (exact) mass is 344 g/mol. The summed E-state index contributed by atoms with van der Waals surface area (Å²) in [5.74, 6) is 0.449. The van der Waals surface area contributed by atoms with Gasteiger partial charge in [-0.05, 0) is 42.3 Å². The average molecular weight is 345 g/mol. The summed E-state index contributed by atoms with van der Waals surface area (Å²) in [5.41, 5.74) is 3.25. The molecular weight excluding hydrogens is 328 g/mol. The molecule has 0 aromatic heterocycles. The number of carbonyl (C=O) groups excluding carboxylic acids is 1. The van der Waals surface area contributed by atoms with Gasteiger partial charge in [0.05, 0.1) is 0 Å². The Labute approximate surface area is 132 Å². The van der Waals surface area contributed by atoms with Crippen LogP contribution in [0.4, 0.5) is 5.69 Å². The molecule has 2 N–H and O–H groups in total. The van der Waals surface area contributed by atoms with Gasteiger partial charge in [0.25, 0.3) is 5.91 Å². The number of carbonyl (C=O) groups is 1. The van der Waals surface area contributed by atoms with Crippen molar-refractivity contribution in [2.24, 2.45) is 0 Å². The molecule has 2 aromatic rings. The maximum Gasteiger partial charge on any atom is 0.251 e. The first-order valence-corrected chi connectivity index (χ1v) is 7.90. The molecule has 0 fully saturated rings. The third-order valence-corrected chi connectivity index (χ3v) is 4.30. The largest absolute Gasteiger partial charge is 0.384 e. The van der Waals surface area contributed by atoms with E-state index in [2.05, 4.69) is 38.7 Å². The number of hydrogen-bond acceptors (Lipinski definition) is 2. The molecule has 0 saturated carbocycles. The number of rotatable bonds is 4. The van der Waals surface area contributed by atoms with Crippen molar-refractivity contribution in [2.75, 3.05) is 18.4 Å². The van der Waals surface area contributed by atoms with Crippen LogP contribution in [0.1, 0.15) is 28.3 Å². The molecule has 4 heteroatoms. The second-order valence-electron chi connectivity index (χ2n) is 5.22. The molecule has 0 aliphatic carbocycles. The molecule has 1 heterocycles. The van der Waals surface area contributed by atoms with E-state index in [1.165, 1.54) is 11.3 Å². The molecule has 3 rings (SSSR count). The normalized spacial score (nSPS) is 16.1. The van der Waals surface area contributed by atoms with E-state index in [-0.39, 0.29) is 5.91 Å². The Morgan fingerprint density at radius 1 is 1.24 bits per heavy atom. The number of amides is 1. The maximum atomic E-state index is 12.0. The zero-order valence-electron chi connectivity index (χ0n) is 11.6. The minimum absolute atomic E-state index is 0.00368. The SMILES string of the molecule is O=C(NCCC1CNc2ccc(Br)cc21)c1ccccc1. The first-order valence-electron chi connectivity index (χ1n) is 7.10. The molecular formula is C17H17BrN2O. The van der Waals surface area contributed by atoms with Gasteiger partial charge in [0.15, 0.2) is 0 Å². The summed E-state index contributed by atoms with van der Waals surface area (Å²) in [6.45, 7) is 1.62. The highest BCUT2D eigenvalue weighted by atomic mass is 79.9. The van der Waals surface area contributed by atoms with Crippen molar-refractivity contribution in [1.82, 2.24) is 5.32 Å². The van der Waals surface area contributed by atoms with Crippen LogP contribution in [0.15, 0.2) is 53.0 Å². The highest BCUT2D eigenvalue weighted by molar-refractivity contribution is 9.10. The van der Waals surface area contributed by atoms with Crippen LogP contribution in [0.2, 0.25) is 0 Å². The smallest absolute Gasteiger partial charge is 0.251 e. The van der Waals surface area contributed by atoms with Crippen molar-refractivity contribution in [1.29, 1.82) is 0 Å². The Hall–Kier alpha value is -1.81. The van der Waals surface area contributed by atoms with E-state index >= 15 is 0 Å². The molecule has 1 unspecified atom stereocenters. The fraction of sp³-hybridized carbons (Fsp3) is 0.235. The van der Waals surface area contributed by atoms with E-state index in [9.17, 15) is 4.79 Å². The van der Waals surface area contributed by atoms with Gasteiger partial charge in [0.2, 0.25) is 0 Å². The van der Waals surface area contributed by atoms with Crippen molar-refractivity contribution < 1.29 is 4.79 Å². The first kappa shape index (κ1) is 14.1. The Morgan fingerprint density at radius 2 is 2.05 bits per heavy atom. The van der Waals surface area contributed by atoms with Crippen molar-refractivity contribution >= 4 is 27.5 Å². The number of anilines is 1. The molecule has 0 bridgehead atoms. The molecule has 2 aromatic carbocycles. The second kappa shape index (κ2) is 6.31. The van der Waals surface area contributed by atoms with E-state index in [4.69, 9.17) is 0 Å². The fourth-order valence-corrected chi connectivity index (χ4v) is 3.06. The van der Waals surface area contributed by atoms with Gasteiger partial charge in [-0.25, -0.2) is 0 Å². The van der Waals surface area contributed by atoms with Gasteiger partial charge >= 0.3 is 0 Å². The van der Waals surface area contributed by atoms with Gasteiger partial charge in [-0.3, -0.25) is 4.79 Å². The Morgan fingerprint density at radius 3 is 2.86 bits per heavy atom. The highest BCUT2D eigenvalue weighted by Gasteiger charge is 2.22. The molecule has 3 nitrogen and oxygen atoms in total. The van der Waals surface area contributed by atoms with Gasteiger partial charge in [0, 0.05) is 34.7 Å². The van der Waals surface area contributed by atoms with E-state index in [0.29, 0.717) is 18.0 Å². The lowest BCUT2D eigenvalue weighted by Gasteiger charge is -2.11. The Balaban J connectivity index is 1.56. The molecule has 21 heavy (non-hydrogen) atoms. The fourth-order valence-electron chi connectivity index (χ4n) is 2.68. The van der Waals surface area contributed by atoms with E-state index in [0.717, 1.165) is 17.4 Å². The minimum atomic E-state index is -0.00368. The summed E-state index contributed by atoms with van der Waals surface area (Å²) < 4.78 is 1.10. The summed E-state index contributed by atoms with van der Waals surface area (Å²) in [4.78, 5) is 12.0. The maximum absolute atomic E-state index is 12.0. The van der Waals surface area contributed by atoms with Crippen LogP contribution < -0.4 is 10.6 Å². The van der Waals surface area contributed by atoms with Gasteiger partial charge < -0.3 is 10.6 Å². The zero-order chi connectivity index (χ0) is 14.7. The molecule has 108 valence electrons. The van der Waals surface area contributed by atoms with Crippen molar-refractivity contribution in [2.45, 2.75) is 12.3 Å². The summed E-state index contributed by atoms with van der Waals surface area (Å²) >= 11 is 3.52. The lowest BCUT2D eigenvalue weighted by atomic mass is 9.98. The minimum Gasteiger partial charge on any atom is -0.384 e. The number of hydrogen-bond donors (Lipinski definition) is 2. The quantitative estimate of drug-likeness (QED) is 0.886. The predicted octanol–water partition coefficient (Wildman–Crippen LogP) is 3.78. The molecule has 1 atom stereocenters. The van der Waals surface area contributed by atoms with Crippen LogP contribution in [0, 0.1) is 0 Å². The summed E-state index contributed by atoms with van der Waals surface area (Å²) in [5, 5.41) is 6.41. The van der Waals surface area contributed by atoms with Crippen LogP contribution in [0.5, 0.6) is 0 Å². The lowest BCUT2D eigenvalue weighted by molar-refractivity contribution is 0.0952. The van der Waals surface area contributed by atoms with Gasteiger partial charge in [0.1, 0.15) is 0 Å². The van der Waals surface area contributed by atoms with E-state index in [1.807, 2.05) is 36.4 Å². The Bertz CT molecular complexity index is 642. The average Bonchev–Trinajstić information content (AvgIpc) is 2.90. The third-order valence-electron chi connectivity index (χ3n) is 3.81. The van der Waals surface area contributed by atoms with Crippen LogP contribution in [0.3, 0.4) is 0 Å².